The number of benzene rings is 2. The Hall–Kier alpha value is -2.45. The van der Waals surface area contributed by atoms with Crippen LogP contribution in [0.4, 0.5) is 32.0 Å². The van der Waals surface area contributed by atoms with Gasteiger partial charge in [-0.1, -0.05) is 66.3 Å². The Labute approximate surface area is 245 Å². The van der Waals surface area contributed by atoms with Crippen LogP contribution in [0.3, 0.4) is 0 Å². The lowest BCUT2D eigenvalue weighted by molar-refractivity contribution is -0.376. The third-order valence-corrected chi connectivity index (χ3v) is 9.52. The van der Waals surface area contributed by atoms with Gasteiger partial charge in [0.2, 0.25) is 10.0 Å². The van der Waals surface area contributed by atoms with Crippen LogP contribution in [0.5, 0.6) is 0 Å². The molecule has 1 atom stereocenters. The Kier molecular flexibility index (Phi) is 9.71. The highest BCUT2D eigenvalue weighted by Crippen LogP contribution is 2.50. The summed E-state index contributed by atoms with van der Waals surface area (Å²) >= 11 is 5.27. The van der Waals surface area contributed by atoms with Gasteiger partial charge in [0.15, 0.2) is 0 Å². The van der Waals surface area contributed by atoms with E-state index >= 15 is 0 Å². The summed E-state index contributed by atoms with van der Waals surface area (Å²) < 4.78 is 108. The molecule has 2 aliphatic rings. The first-order valence-electron chi connectivity index (χ1n) is 12.2. The highest BCUT2D eigenvalue weighted by molar-refractivity contribution is 7.96. The number of aliphatic hydroxyl groups is 1. The molecule has 224 valence electrons. The molecule has 0 saturated carbocycles. The van der Waals surface area contributed by atoms with Crippen LogP contribution in [0.1, 0.15) is 23.1 Å². The Bertz CT molecular complexity index is 1410. The summed E-state index contributed by atoms with van der Waals surface area (Å²) in [5, 5.41) is 9.74. The first-order chi connectivity index (χ1) is 18.6. The normalized spacial score (nSPS) is 19.1. The largest absolute Gasteiger partial charge is 0.430 e. The van der Waals surface area contributed by atoms with Crippen LogP contribution in [0.2, 0.25) is 0 Å². The van der Waals surface area contributed by atoms with Gasteiger partial charge in [-0.3, -0.25) is 0 Å². The molecule has 0 bridgehead atoms. The molecule has 1 fully saturated rings. The van der Waals surface area contributed by atoms with E-state index in [0.29, 0.717) is 30.7 Å². The van der Waals surface area contributed by atoms with Gasteiger partial charge in [-0.2, -0.15) is 30.6 Å². The summed E-state index contributed by atoms with van der Waals surface area (Å²) in [7, 11) is -3.94. The standard InChI is InChI=1S/C27H26F6N2O3S2.ClH/c1-18-6-8-19(9-7-18)16-22-17-34(40(37,38)24-5-3-2-4-23(24)39)14-15-35(22)21-12-10-20(11-13-21)25(36,26(28,29)30)27(31,32)33;/h2-3,5-13,22,36H,4,14-17H2,1H3;1H/t22-;/m0./s1. The Morgan fingerprint density at radius 1 is 0.951 bits per heavy atom. The highest BCUT2D eigenvalue weighted by Gasteiger charge is 2.71. The van der Waals surface area contributed by atoms with Crippen LogP contribution in [-0.4, -0.2) is 60.7 Å². The molecular weight excluding hydrogens is 614 g/mol. The average molecular weight is 641 g/mol. The SMILES string of the molecule is Cc1ccc(C[C@H]2CN(S(=O)(=O)C3=CC=CCC3=S)CCN2c2ccc(C(O)(C(F)(F)F)C(F)(F)F)cc2)cc1.Cl. The van der Waals surface area contributed by atoms with Crippen molar-refractivity contribution in [2.75, 3.05) is 24.5 Å². The average Bonchev–Trinajstić information content (AvgIpc) is 2.88. The molecular formula is C27H27ClF6N2O3S2. The first kappa shape index (κ1) is 33.1. The van der Waals surface area contributed by atoms with Crippen molar-refractivity contribution in [1.82, 2.24) is 4.31 Å². The fourth-order valence-corrected chi connectivity index (χ4v) is 6.90. The number of sulfonamides is 1. The van der Waals surface area contributed by atoms with Crippen LogP contribution in [0.15, 0.2) is 71.7 Å². The number of nitrogens with zero attached hydrogens (tertiary/aromatic N) is 2. The molecule has 0 aromatic heterocycles. The Balaban J connectivity index is 0.00000462. The molecule has 4 rings (SSSR count). The fourth-order valence-electron chi connectivity index (χ4n) is 4.83. The number of alkyl halides is 6. The molecule has 1 heterocycles. The molecule has 0 radical (unpaired) electrons. The van der Waals surface area contributed by atoms with Crippen molar-refractivity contribution in [2.45, 2.75) is 43.8 Å². The molecule has 1 aliphatic carbocycles. The monoisotopic (exact) mass is 640 g/mol. The van der Waals surface area contributed by atoms with E-state index in [0.717, 1.165) is 23.3 Å². The Morgan fingerprint density at radius 3 is 2.07 bits per heavy atom. The van der Waals surface area contributed by atoms with E-state index in [1.807, 2.05) is 31.2 Å². The fraction of sp³-hybridized carbons (Fsp3) is 0.370. The van der Waals surface area contributed by atoms with Gasteiger partial charge in [-0.25, -0.2) is 8.42 Å². The number of rotatable bonds is 6. The third kappa shape index (κ3) is 6.48. The second kappa shape index (κ2) is 12.0. The van der Waals surface area contributed by atoms with Crippen LogP contribution in [-0.2, 0) is 22.0 Å². The van der Waals surface area contributed by atoms with Crippen LogP contribution in [0.25, 0.3) is 0 Å². The number of halogens is 7. The van der Waals surface area contributed by atoms with Gasteiger partial charge in [0.05, 0.1) is 4.91 Å². The van der Waals surface area contributed by atoms with Gasteiger partial charge in [0, 0.05) is 48.2 Å². The number of aryl methyl sites for hydroxylation is 1. The number of hydrogen-bond donors (Lipinski definition) is 1. The predicted molar refractivity (Wildman–Crippen MR) is 151 cm³/mol. The molecule has 5 nitrogen and oxygen atoms in total. The van der Waals surface area contributed by atoms with Crippen molar-refractivity contribution in [2.24, 2.45) is 0 Å². The second-order valence-electron chi connectivity index (χ2n) is 9.74. The zero-order valence-corrected chi connectivity index (χ0v) is 24.1. The summed E-state index contributed by atoms with van der Waals surface area (Å²) in [6, 6.07) is 10.4. The van der Waals surface area contributed by atoms with Crippen LogP contribution in [0, 0.1) is 6.92 Å². The summed E-state index contributed by atoms with van der Waals surface area (Å²) in [4.78, 5) is 2.08. The lowest BCUT2D eigenvalue weighted by atomic mass is 9.92. The second-order valence-corrected chi connectivity index (χ2v) is 12.1. The zero-order valence-electron chi connectivity index (χ0n) is 21.6. The predicted octanol–water partition coefficient (Wildman–Crippen LogP) is 6.01. The lowest BCUT2D eigenvalue weighted by Crippen LogP contribution is -2.56. The maximum Gasteiger partial charge on any atom is 0.430 e. The summed E-state index contributed by atoms with van der Waals surface area (Å²) in [6.45, 7) is 2.06. The van der Waals surface area contributed by atoms with Gasteiger partial charge in [-0.05, 0) is 37.1 Å². The lowest BCUT2D eigenvalue weighted by Gasteiger charge is -2.43. The number of anilines is 1. The molecule has 14 heteroatoms. The molecule has 1 N–H and O–H groups in total. The maximum absolute atomic E-state index is 13.5. The van der Waals surface area contributed by atoms with Crippen molar-refractivity contribution in [1.29, 1.82) is 0 Å². The molecule has 41 heavy (non-hydrogen) atoms. The number of allylic oxidation sites excluding steroid dienone is 4. The zero-order chi connectivity index (χ0) is 29.5. The van der Waals surface area contributed by atoms with Crippen LogP contribution >= 0.6 is 24.6 Å². The topological polar surface area (TPSA) is 60.9 Å². The molecule has 0 amide bonds. The summed E-state index contributed by atoms with van der Waals surface area (Å²) in [5.74, 6) is 0. The van der Waals surface area contributed by atoms with Gasteiger partial charge in [0.1, 0.15) is 0 Å². The molecule has 0 unspecified atom stereocenters. The van der Waals surface area contributed by atoms with E-state index in [1.165, 1.54) is 10.4 Å². The third-order valence-electron chi connectivity index (χ3n) is 7.05. The smallest absolute Gasteiger partial charge is 0.369 e. The molecule has 1 saturated heterocycles. The van der Waals surface area contributed by atoms with Crippen LogP contribution < -0.4 is 4.90 Å². The number of piperazine rings is 1. The van der Waals surface area contributed by atoms with E-state index < -0.39 is 39.6 Å². The van der Waals surface area contributed by atoms with Crippen molar-refractivity contribution in [3.05, 3.63) is 88.4 Å². The minimum Gasteiger partial charge on any atom is -0.369 e. The minimum atomic E-state index is -6.00. The van der Waals surface area contributed by atoms with Gasteiger partial charge in [0.25, 0.3) is 5.60 Å². The van der Waals surface area contributed by atoms with Crippen molar-refractivity contribution in [3.8, 4) is 0 Å². The first-order valence-corrected chi connectivity index (χ1v) is 14.1. The molecule has 1 aliphatic heterocycles. The summed E-state index contributed by atoms with van der Waals surface area (Å²) in [5.41, 5.74) is -4.22. The van der Waals surface area contributed by atoms with E-state index in [-0.39, 0.29) is 41.8 Å². The van der Waals surface area contributed by atoms with Crippen molar-refractivity contribution in [3.63, 3.8) is 0 Å². The van der Waals surface area contributed by atoms with Crippen molar-refractivity contribution >= 4 is 45.2 Å². The quantitative estimate of drug-likeness (QED) is 0.310. The number of hydrogen-bond acceptors (Lipinski definition) is 5. The Morgan fingerprint density at radius 2 is 1.54 bits per heavy atom. The molecule has 2 aromatic carbocycles. The van der Waals surface area contributed by atoms with Gasteiger partial charge in [-0.15, -0.1) is 12.4 Å². The summed E-state index contributed by atoms with van der Waals surface area (Å²) in [6.07, 6.45) is -6.50. The van der Waals surface area contributed by atoms with Crippen molar-refractivity contribution < 1.29 is 39.9 Å². The highest BCUT2D eigenvalue weighted by atomic mass is 35.5. The molecule has 0 spiro atoms. The molecule has 2 aromatic rings. The van der Waals surface area contributed by atoms with E-state index in [9.17, 15) is 39.9 Å². The van der Waals surface area contributed by atoms with Gasteiger partial charge >= 0.3 is 12.4 Å². The van der Waals surface area contributed by atoms with Gasteiger partial charge < -0.3 is 10.0 Å². The van der Waals surface area contributed by atoms with E-state index in [2.05, 4.69) is 0 Å². The maximum atomic E-state index is 13.5. The number of thiocarbonyl (C=S) groups is 1. The minimum absolute atomic E-state index is 0. The van der Waals surface area contributed by atoms with E-state index in [1.54, 1.807) is 17.1 Å². The van der Waals surface area contributed by atoms with E-state index in [4.69, 9.17) is 12.2 Å².